The molecule has 0 atom stereocenters. The zero-order chi connectivity index (χ0) is 18.5. The molecule has 5 nitrogen and oxygen atoms in total. The van der Waals surface area contributed by atoms with Gasteiger partial charge in [-0.1, -0.05) is 36.4 Å². The largest absolute Gasteiger partial charge is 0.322 e. The van der Waals surface area contributed by atoms with Crippen molar-refractivity contribution in [2.45, 2.75) is 6.92 Å². The normalized spacial score (nSPS) is 10.2. The van der Waals surface area contributed by atoms with Crippen molar-refractivity contribution in [3.05, 3.63) is 89.7 Å². The van der Waals surface area contributed by atoms with Gasteiger partial charge >= 0.3 is 0 Å². The molecule has 130 valence electrons. The predicted octanol–water partition coefficient (Wildman–Crippen LogP) is 3.92. The van der Waals surface area contributed by atoms with Gasteiger partial charge in [0, 0.05) is 30.2 Å². The van der Waals surface area contributed by atoms with E-state index >= 15 is 0 Å². The van der Waals surface area contributed by atoms with Crippen LogP contribution in [0.15, 0.2) is 72.9 Å². The molecule has 26 heavy (non-hydrogen) atoms. The van der Waals surface area contributed by atoms with Gasteiger partial charge in [-0.05, 0) is 42.8 Å². The summed E-state index contributed by atoms with van der Waals surface area (Å²) in [5.74, 6) is -0.556. The van der Waals surface area contributed by atoms with Gasteiger partial charge in [0.2, 0.25) is 0 Å². The molecular weight excluding hydrogens is 326 g/mol. The number of aryl methyl sites for hydroxylation is 1. The first-order chi connectivity index (χ1) is 12.6. The number of para-hydroxylation sites is 2. The van der Waals surface area contributed by atoms with Crippen LogP contribution in [-0.2, 0) is 0 Å². The van der Waals surface area contributed by atoms with Crippen LogP contribution < -0.4 is 10.2 Å². The number of nitrogens with one attached hydrogen (secondary N) is 1. The molecule has 0 aliphatic carbocycles. The number of hydrogen-bond donors (Lipinski definition) is 1. The van der Waals surface area contributed by atoms with E-state index in [-0.39, 0.29) is 17.5 Å². The van der Waals surface area contributed by atoms with Gasteiger partial charge in [-0.3, -0.25) is 14.6 Å². The number of amides is 2. The molecule has 2 amide bonds. The lowest BCUT2D eigenvalue weighted by Crippen LogP contribution is -2.27. The minimum absolute atomic E-state index is 0.216. The van der Waals surface area contributed by atoms with Gasteiger partial charge in [-0.25, -0.2) is 0 Å². The zero-order valence-corrected chi connectivity index (χ0v) is 14.6. The van der Waals surface area contributed by atoms with Crippen LogP contribution in [0.1, 0.15) is 26.4 Å². The molecule has 0 fully saturated rings. The van der Waals surface area contributed by atoms with E-state index in [1.165, 1.54) is 17.2 Å². The number of aromatic nitrogens is 1. The Labute approximate surface area is 152 Å². The number of benzene rings is 2. The second-order valence-electron chi connectivity index (χ2n) is 5.90. The molecule has 0 saturated carbocycles. The summed E-state index contributed by atoms with van der Waals surface area (Å²) in [4.78, 5) is 30.8. The second kappa shape index (κ2) is 7.61. The standard InChI is InChI=1S/C21H19N3O2/c1-15-8-6-7-11-18(15)23-20(25)16-12-13-22-19(14-16)21(26)24(2)17-9-4-3-5-10-17/h3-14H,1-2H3,(H,23,25). The maximum Gasteiger partial charge on any atom is 0.276 e. The fourth-order valence-corrected chi connectivity index (χ4v) is 2.54. The zero-order valence-electron chi connectivity index (χ0n) is 14.6. The molecule has 2 aromatic carbocycles. The number of carbonyl (C=O) groups is 2. The fraction of sp³-hybridized carbons (Fsp3) is 0.0952. The van der Waals surface area contributed by atoms with Gasteiger partial charge in [-0.2, -0.15) is 0 Å². The number of pyridine rings is 1. The first kappa shape index (κ1) is 17.4. The molecule has 1 N–H and O–H groups in total. The lowest BCUT2D eigenvalue weighted by atomic mass is 10.1. The summed E-state index contributed by atoms with van der Waals surface area (Å²) in [5.41, 5.74) is 3.06. The highest BCUT2D eigenvalue weighted by Crippen LogP contribution is 2.17. The smallest absolute Gasteiger partial charge is 0.276 e. The highest BCUT2D eigenvalue weighted by atomic mass is 16.2. The van der Waals surface area contributed by atoms with Crippen LogP contribution in [-0.4, -0.2) is 23.8 Å². The number of hydrogen-bond acceptors (Lipinski definition) is 3. The average molecular weight is 345 g/mol. The molecule has 1 heterocycles. The highest BCUT2D eigenvalue weighted by Gasteiger charge is 2.17. The third-order valence-electron chi connectivity index (χ3n) is 4.08. The number of anilines is 2. The molecular formula is C21H19N3O2. The summed E-state index contributed by atoms with van der Waals surface area (Å²) in [6.45, 7) is 1.92. The van der Waals surface area contributed by atoms with Crippen LogP contribution in [0.3, 0.4) is 0 Å². The van der Waals surface area contributed by atoms with Crippen molar-refractivity contribution in [3.8, 4) is 0 Å². The molecule has 0 saturated heterocycles. The molecule has 3 aromatic rings. The first-order valence-electron chi connectivity index (χ1n) is 8.22. The number of carbonyl (C=O) groups excluding carboxylic acids is 2. The maximum atomic E-state index is 12.7. The Hall–Kier alpha value is -3.47. The quantitative estimate of drug-likeness (QED) is 0.779. The van der Waals surface area contributed by atoms with Gasteiger partial charge in [-0.15, -0.1) is 0 Å². The van der Waals surface area contributed by atoms with Crippen LogP contribution in [0.5, 0.6) is 0 Å². The highest BCUT2D eigenvalue weighted by molar-refractivity contribution is 6.08. The van der Waals surface area contributed by atoms with Crippen LogP contribution in [0.25, 0.3) is 0 Å². The lowest BCUT2D eigenvalue weighted by Gasteiger charge is -2.17. The molecule has 0 radical (unpaired) electrons. The lowest BCUT2D eigenvalue weighted by molar-refractivity contribution is 0.0988. The summed E-state index contributed by atoms with van der Waals surface area (Å²) in [6.07, 6.45) is 1.47. The van der Waals surface area contributed by atoms with E-state index in [0.29, 0.717) is 5.56 Å². The van der Waals surface area contributed by atoms with Crippen molar-refractivity contribution in [2.24, 2.45) is 0 Å². The summed E-state index contributed by atoms with van der Waals surface area (Å²) in [7, 11) is 1.68. The summed E-state index contributed by atoms with van der Waals surface area (Å²) in [5, 5.41) is 2.86. The molecule has 3 rings (SSSR count). The van der Waals surface area contributed by atoms with Gasteiger partial charge in [0.15, 0.2) is 0 Å². The molecule has 5 heteroatoms. The van der Waals surface area contributed by atoms with Gasteiger partial charge in [0.1, 0.15) is 5.69 Å². The SMILES string of the molecule is Cc1ccccc1NC(=O)c1ccnc(C(=O)N(C)c2ccccc2)c1. The van der Waals surface area contributed by atoms with Crippen molar-refractivity contribution in [3.63, 3.8) is 0 Å². The van der Waals surface area contributed by atoms with Crippen molar-refractivity contribution in [2.75, 3.05) is 17.3 Å². The van der Waals surface area contributed by atoms with Crippen molar-refractivity contribution in [1.29, 1.82) is 0 Å². The number of nitrogens with zero attached hydrogens (tertiary/aromatic N) is 2. The van der Waals surface area contributed by atoms with E-state index in [1.54, 1.807) is 13.1 Å². The van der Waals surface area contributed by atoms with Crippen LogP contribution >= 0.6 is 0 Å². The van der Waals surface area contributed by atoms with E-state index in [0.717, 1.165) is 16.9 Å². The Kier molecular flexibility index (Phi) is 5.08. The topological polar surface area (TPSA) is 62.3 Å². The van der Waals surface area contributed by atoms with E-state index in [4.69, 9.17) is 0 Å². The summed E-state index contributed by atoms with van der Waals surface area (Å²) >= 11 is 0. The Morgan fingerprint density at radius 1 is 0.962 bits per heavy atom. The molecule has 0 bridgehead atoms. The van der Waals surface area contributed by atoms with Gasteiger partial charge in [0.25, 0.3) is 11.8 Å². The molecule has 0 aliphatic heterocycles. The molecule has 1 aromatic heterocycles. The van der Waals surface area contributed by atoms with Crippen molar-refractivity contribution in [1.82, 2.24) is 4.98 Å². The Morgan fingerprint density at radius 2 is 1.65 bits per heavy atom. The molecule has 0 spiro atoms. The minimum atomic E-state index is -0.280. The van der Waals surface area contributed by atoms with Crippen LogP contribution in [0.4, 0.5) is 11.4 Å². The molecule has 0 aliphatic rings. The van der Waals surface area contributed by atoms with Gasteiger partial charge < -0.3 is 10.2 Å². The second-order valence-corrected chi connectivity index (χ2v) is 5.90. The van der Waals surface area contributed by atoms with E-state index < -0.39 is 0 Å². The summed E-state index contributed by atoms with van der Waals surface area (Å²) < 4.78 is 0. The molecule has 0 unspecified atom stereocenters. The Balaban J connectivity index is 1.80. The maximum absolute atomic E-state index is 12.7. The van der Waals surface area contributed by atoms with Crippen LogP contribution in [0, 0.1) is 6.92 Å². The van der Waals surface area contributed by atoms with E-state index in [2.05, 4.69) is 10.3 Å². The van der Waals surface area contributed by atoms with Gasteiger partial charge in [0.05, 0.1) is 0 Å². The number of rotatable bonds is 4. The minimum Gasteiger partial charge on any atom is -0.322 e. The summed E-state index contributed by atoms with van der Waals surface area (Å²) in [6, 6.07) is 19.9. The first-order valence-corrected chi connectivity index (χ1v) is 8.22. The average Bonchev–Trinajstić information content (AvgIpc) is 2.69. The van der Waals surface area contributed by atoms with Crippen molar-refractivity contribution >= 4 is 23.2 Å². The monoisotopic (exact) mass is 345 g/mol. The Bertz CT molecular complexity index is 939. The predicted molar refractivity (Wildman–Crippen MR) is 103 cm³/mol. The van der Waals surface area contributed by atoms with E-state index in [9.17, 15) is 9.59 Å². The van der Waals surface area contributed by atoms with Crippen LogP contribution in [0.2, 0.25) is 0 Å². The Morgan fingerprint density at radius 3 is 2.38 bits per heavy atom. The van der Waals surface area contributed by atoms with E-state index in [1.807, 2.05) is 61.5 Å². The fourth-order valence-electron chi connectivity index (χ4n) is 2.54. The third-order valence-corrected chi connectivity index (χ3v) is 4.08. The third kappa shape index (κ3) is 3.78. The van der Waals surface area contributed by atoms with Crippen molar-refractivity contribution < 1.29 is 9.59 Å².